The average Bonchev–Trinajstić information content (AvgIpc) is 3.20. The monoisotopic (exact) mass is 476 g/mol. The van der Waals surface area contributed by atoms with Crippen molar-refractivity contribution in [3.05, 3.63) is 58.7 Å². The molecule has 1 amide bonds. The molecule has 0 bridgehead atoms. The molecule has 180 valence electrons. The van der Waals surface area contributed by atoms with E-state index >= 15 is 0 Å². The highest BCUT2D eigenvalue weighted by Crippen LogP contribution is 2.36. The lowest BCUT2D eigenvalue weighted by atomic mass is 10.0. The fourth-order valence-corrected chi connectivity index (χ4v) is 3.72. The normalized spacial score (nSPS) is 17.2. The Morgan fingerprint density at radius 2 is 1.70 bits per heavy atom. The van der Waals surface area contributed by atoms with Crippen LogP contribution in [-0.4, -0.2) is 36.1 Å². The maximum absolute atomic E-state index is 13.0. The molecule has 0 unspecified atom stereocenters. The van der Waals surface area contributed by atoms with Crippen molar-refractivity contribution in [1.29, 1.82) is 0 Å². The first-order chi connectivity index (χ1) is 15.4. The number of halogens is 6. The number of phenolic OH excluding ortho intramolecular Hbond substituents is 1. The summed E-state index contributed by atoms with van der Waals surface area (Å²) in [7, 11) is 1.43. The zero-order valence-electron chi connectivity index (χ0n) is 17.6. The summed E-state index contributed by atoms with van der Waals surface area (Å²) in [6.45, 7) is 1.01. The highest BCUT2D eigenvalue weighted by molar-refractivity contribution is 5.79. The van der Waals surface area contributed by atoms with Crippen LogP contribution in [0.1, 0.15) is 28.7 Å². The molecule has 2 aromatic rings. The quantitative estimate of drug-likeness (QED) is 0.600. The van der Waals surface area contributed by atoms with Crippen molar-refractivity contribution >= 4 is 5.91 Å². The number of phenols is 1. The van der Waals surface area contributed by atoms with E-state index in [0.29, 0.717) is 43.9 Å². The molecule has 0 spiro atoms. The van der Waals surface area contributed by atoms with Crippen molar-refractivity contribution < 1.29 is 41.0 Å². The molecule has 2 aromatic carbocycles. The van der Waals surface area contributed by atoms with E-state index in [0.717, 1.165) is 5.56 Å². The lowest BCUT2D eigenvalue weighted by Gasteiger charge is -2.17. The van der Waals surface area contributed by atoms with Crippen LogP contribution in [0.4, 0.5) is 26.3 Å². The summed E-state index contributed by atoms with van der Waals surface area (Å²) in [5.41, 5.74) is -2.26. The predicted molar refractivity (Wildman–Crippen MR) is 106 cm³/mol. The zero-order chi connectivity index (χ0) is 24.4. The van der Waals surface area contributed by atoms with Gasteiger partial charge in [0.1, 0.15) is 0 Å². The van der Waals surface area contributed by atoms with Crippen LogP contribution in [0.2, 0.25) is 0 Å². The molecule has 0 saturated carbocycles. The Morgan fingerprint density at radius 1 is 1.06 bits per heavy atom. The maximum atomic E-state index is 13.0. The van der Waals surface area contributed by atoms with E-state index in [2.05, 4.69) is 5.32 Å². The summed E-state index contributed by atoms with van der Waals surface area (Å²) in [5, 5.41) is 12.1. The summed E-state index contributed by atoms with van der Waals surface area (Å²) < 4.78 is 83.0. The molecule has 0 aliphatic carbocycles. The molecule has 11 heteroatoms. The van der Waals surface area contributed by atoms with E-state index in [-0.39, 0.29) is 17.4 Å². The largest absolute Gasteiger partial charge is 0.504 e. The van der Waals surface area contributed by atoms with E-state index in [1.54, 1.807) is 12.1 Å². The molecular weight excluding hydrogens is 454 g/mol. The molecule has 1 heterocycles. The molecule has 3 rings (SSSR count). The Morgan fingerprint density at radius 3 is 2.27 bits per heavy atom. The second-order valence-corrected chi connectivity index (χ2v) is 7.86. The second-order valence-electron chi connectivity index (χ2n) is 7.86. The lowest BCUT2D eigenvalue weighted by Crippen LogP contribution is -2.32. The number of alkyl halides is 6. The zero-order valence-corrected chi connectivity index (χ0v) is 17.6. The van der Waals surface area contributed by atoms with Gasteiger partial charge >= 0.3 is 12.4 Å². The van der Waals surface area contributed by atoms with E-state index in [4.69, 9.17) is 4.74 Å². The van der Waals surface area contributed by atoms with Gasteiger partial charge in [0.15, 0.2) is 11.5 Å². The number of aromatic hydroxyl groups is 1. The fraction of sp³-hybridized carbons (Fsp3) is 0.409. The Kier molecular flexibility index (Phi) is 7.11. The van der Waals surface area contributed by atoms with Gasteiger partial charge in [0.05, 0.1) is 24.2 Å². The molecule has 2 N–H and O–H groups in total. The van der Waals surface area contributed by atoms with Gasteiger partial charge in [-0.3, -0.25) is 9.69 Å². The van der Waals surface area contributed by atoms with Gasteiger partial charge in [0, 0.05) is 19.6 Å². The van der Waals surface area contributed by atoms with Gasteiger partial charge in [-0.05, 0) is 54.4 Å². The number of methoxy groups -OCH3 is 1. The third kappa shape index (κ3) is 6.31. The van der Waals surface area contributed by atoms with Gasteiger partial charge in [0.25, 0.3) is 0 Å². The number of rotatable bonds is 6. The van der Waals surface area contributed by atoms with Gasteiger partial charge < -0.3 is 15.2 Å². The molecule has 1 aliphatic heterocycles. The van der Waals surface area contributed by atoms with Gasteiger partial charge in [-0.25, -0.2) is 0 Å². The van der Waals surface area contributed by atoms with Crippen LogP contribution >= 0.6 is 0 Å². The van der Waals surface area contributed by atoms with Crippen LogP contribution in [0.15, 0.2) is 36.4 Å². The van der Waals surface area contributed by atoms with Crippen LogP contribution in [0, 0.1) is 5.92 Å². The third-order valence-electron chi connectivity index (χ3n) is 5.41. The number of amides is 1. The summed E-state index contributed by atoms with van der Waals surface area (Å²) >= 11 is 0. The Balaban J connectivity index is 1.61. The van der Waals surface area contributed by atoms with Crippen molar-refractivity contribution in [2.24, 2.45) is 5.92 Å². The van der Waals surface area contributed by atoms with Crippen LogP contribution in [-0.2, 0) is 30.2 Å². The number of likely N-dealkylation sites (tertiary alicyclic amines) is 1. The summed E-state index contributed by atoms with van der Waals surface area (Å²) in [6.07, 6.45) is -9.39. The first kappa shape index (κ1) is 24.7. The fourth-order valence-electron chi connectivity index (χ4n) is 3.72. The van der Waals surface area contributed by atoms with Crippen molar-refractivity contribution in [3.8, 4) is 11.5 Å². The van der Waals surface area contributed by atoms with E-state index < -0.39 is 41.8 Å². The van der Waals surface area contributed by atoms with E-state index in [1.807, 2.05) is 4.90 Å². The topological polar surface area (TPSA) is 61.8 Å². The number of carbonyl (C=O) groups is 1. The van der Waals surface area contributed by atoms with Crippen molar-refractivity contribution in [1.82, 2.24) is 10.2 Å². The molecule has 0 radical (unpaired) electrons. The lowest BCUT2D eigenvalue weighted by molar-refractivity contribution is -0.143. The highest BCUT2D eigenvalue weighted by Gasteiger charge is 2.37. The number of ether oxygens (including phenoxy) is 1. The first-order valence-electron chi connectivity index (χ1n) is 10.0. The summed E-state index contributed by atoms with van der Waals surface area (Å²) in [5.74, 6) is -0.563. The molecule has 0 aromatic heterocycles. The van der Waals surface area contributed by atoms with E-state index in [1.165, 1.54) is 13.2 Å². The van der Waals surface area contributed by atoms with Crippen molar-refractivity contribution in [2.75, 3.05) is 20.2 Å². The smallest absolute Gasteiger partial charge is 0.416 e. The standard InChI is InChI=1S/C22H22F6N2O3/c1-33-19-8-13(2-3-18(19)31)11-30-5-4-15(12-30)20(32)29-10-14-6-16(21(23,24)25)9-17(7-14)22(26,27)28/h2-3,6-9,15,31H,4-5,10-12H2,1H3,(H,29,32)/t15-/m1/s1. The van der Waals surface area contributed by atoms with Gasteiger partial charge in [0.2, 0.25) is 5.91 Å². The average molecular weight is 476 g/mol. The summed E-state index contributed by atoms with van der Waals surface area (Å²) in [6, 6.07) is 6.16. The van der Waals surface area contributed by atoms with Crippen LogP contribution < -0.4 is 10.1 Å². The molecule has 1 saturated heterocycles. The van der Waals surface area contributed by atoms with Crippen LogP contribution in [0.25, 0.3) is 0 Å². The SMILES string of the molecule is COc1cc(CN2CC[C@@H](C(=O)NCc3cc(C(F)(F)F)cc(C(F)(F)F)c3)C2)ccc1O. The highest BCUT2D eigenvalue weighted by atomic mass is 19.4. The Bertz CT molecular complexity index is 974. The molecule has 1 atom stereocenters. The first-order valence-corrected chi connectivity index (χ1v) is 10.0. The molecule has 1 aliphatic rings. The molecule has 1 fully saturated rings. The van der Waals surface area contributed by atoms with Gasteiger partial charge in [-0.2, -0.15) is 26.3 Å². The maximum Gasteiger partial charge on any atom is 0.416 e. The minimum absolute atomic E-state index is 0.00296. The minimum atomic E-state index is -4.94. The number of nitrogens with zero attached hydrogens (tertiary/aromatic N) is 1. The number of benzene rings is 2. The molecule has 5 nitrogen and oxygen atoms in total. The van der Waals surface area contributed by atoms with Crippen LogP contribution in [0.3, 0.4) is 0 Å². The van der Waals surface area contributed by atoms with Gasteiger partial charge in [-0.15, -0.1) is 0 Å². The number of nitrogens with one attached hydrogen (secondary N) is 1. The Labute approximate surface area is 186 Å². The molecule has 33 heavy (non-hydrogen) atoms. The predicted octanol–water partition coefficient (Wildman–Crippen LogP) is 4.58. The number of carbonyl (C=O) groups excluding carboxylic acids is 1. The molecular formula is C22H22F6N2O3. The Hall–Kier alpha value is -2.95. The minimum Gasteiger partial charge on any atom is -0.504 e. The third-order valence-corrected chi connectivity index (χ3v) is 5.41. The van der Waals surface area contributed by atoms with E-state index in [9.17, 15) is 36.2 Å². The van der Waals surface area contributed by atoms with Crippen molar-refractivity contribution in [2.45, 2.75) is 31.9 Å². The van der Waals surface area contributed by atoms with Crippen molar-refractivity contribution in [3.63, 3.8) is 0 Å². The second kappa shape index (κ2) is 9.50. The number of hydrogen-bond donors (Lipinski definition) is 2. The van der Waals surface area contributed by atoms with Crippen LogP contribution in [0.5, 0.6) is 11.5 Å². The number of hydrogen-bond acceptors (Lipinski definition) is 4. The van der Waals surface area contributed by atoms with Gasteiger partial charge in [-0.1, -0.05) is 6.07 Å². The summed E-state index contributed by atoms with van der Waals surface area (Å²) in [4.78, 5) is 14.5.